The molecule has 3 N–H and O–H groups in total. The largest absolute Gasteiger partial charge is 0.334 e. The Morgan fingerprint density at radius 2 is 1.61 bits per heavy atom. The van der Waals surface area contributed by atoms with Gasteiger partial charge in [0.25, 0.3) is 0 Å². The predicted octanol–water partition coefficient (Wildman–Crippen LogP) is 3.36. The van der Waals surface area contributed by atoms with E-state index >= 15 is 0 Å². The van der Waals surface area contributed by atoms with Gasteiger partial charge in [0, 0.05) is 23.8 Å². The molecule has 2 aromatic rings. The average molecular weight is 309 g/mol. The van der Waals surface area contributed by atoms with E-state index in [1.54, 1.807) is 18.2 Å². The molecule has 23 heavy (non-hydrogen) atoms. The fourth-order valence-electron chi connectivity index (χ4n) is 2.22. The summed E-state index contributed by atoms with van der Waals surface area (Å²) in [4.78, 5) is 23.7. The minimum absolute atomic E-state index is 0.0516. The first-order valence-corrected chi connectivity index (χ1v) is 7.70. The maximum absolute atomic E-state index is 11.9. The van der Waals surface area contributed by atoms with Crippen molar-refractivity contribution in [3.63, 3.8) is 0 Å². The number of urea groups is 1. The SMILES string of the molecule is O=C(NCc1ccccc1)Nc1cccc(NC(=O)C2CC2)c1. The molecule has 5 nitrogen and oxygen atoms in total. The topological polar surface area (TPSA) is 70.2 Å². The molecule has 3 amide bonds. The second-order valence-electron chi connectivity index (χ2n) is 5.64. The Hall–Kier alpha value is -2.82. The fraction of sp³-hybridized carbons (Fsp3) is 0.222. The van der Waals surface area contributed by atoms with Gasteiger partial charge in [-0.3, -0.25) is 4.79 Å². The number of rotatable bonds is 5. The molecule has 118 valence electrons. The number of hydrogen-bond donors (Lipinski definition) is 3. The lowest BCUT2D eigenvalue weighted by molar-refractivity contribution is -0.117. The highest BCUT2D eigenvalue weighted by molar-refractivity contribution is 5.95. The first-order valence-electron chi connectivity index (χ1n) is 7.70. The van der Waals surface area contributed by atoms with E-state index in [0.717, 1.165) is 18.4 Å². The highest BCUT2D eigenvalue weighted by atomic mass is 16.2. The Labute approximate surface area is 135 Å². The number of anilines is 2. The zero-order chi connectivity index (χ0) is 16.1. The third-order valence-electron chi connectivity index (χ3n) is 3.63. The molecule has 0 spiro atoms. The lowest BCUT2D eigenvalue weighted by Gasteiger charge is -2.10. The molecule has 1 saturated carbocycles. The van der Waals surface area contributed by atoms with Gasteiger partial charge in [0.05, 0.1) is 0 Å². The van der Waals surface area contributed by atoms with Crippen molar-refractivity contribution >= 4 is 23.3 Å². The quantitative estimate of drug-likeness (QED) is 0.792. The van der Waals surface area contributed by atoms with Crippen molar-refractivity contribution in [2.24, 2.45) is 5.92 Å². The minimum atomic E-state index is -0.278. The maximum atomic E-state index is 11.9. The number of hydrogen-bond acceptors (Lipinski definition) is 2. The molecule has 1 aliphatic rings. The molecule has 2 aromatic carbocycles. The summed E-state index contributed by atoms with van der Waals surface area (Å²) in [5, 5.41) is 8.43. The van der Waals surface area contributed by atoms with Crippen LogP contribution in [-0.4, -0.2) is 11.9 Å². The molecule has 0 radical (unpaired) electrons. The Bertz CT molecular complexity index is 696. The van der Waals surface area contributed by atoms with Crippen molar-refractivity contribution < 1.29 is 9.59 Å². The van der Waals surface area contributed by atoms with Gasteiger partial charge in [0.15, 0.2) is 0 Å². The molecule has 0 saturated heterocycles. The normalized spacial score (nSPS) is 13.2. The van der Waals surface area contributed by atoms with Gasteiger partial charge in [-0.1, -0.05) is 36.4 Å². The predicted molar refractivity (Wildman–Crippen MR) is 90.1 cm³/mol. The van der Waals surface area contributed by atoms with E-state index in [9.17, 15) is 9.59 Å². The second-order valence-corrected chi connectivity index (χ2v) is 5.64. The number of amides is 3. The van der Waals surface area contributed by atoms with Gasteiger partial charge >= 0.3 is 6.03 Å². The van der Waals surface area contributed by atoms with E-state index in [1.807, 2.05) is 36.4 Å². The second kappa shape index (κ2) is 6.96. The molecule has 0 bridgehead atoms. The summed E-state index contributed by atoms with van der Waals surface area (Å²) < 4.78 is 0. The zero-order valence-corrected chi connectivity index (χ0v) is 12.7. The fourth-order valence-corrected chi connectivity index (χ4v) is 2.22. The van der Waals surface area contributed by atoms with Crippen LogP contribution in [0.1, 0.15) is 18.4 Å². The van der Waals surface area contributed by atoms with E-state index in [-0.39, 0.29) is 17.9 Å². The Kier molecular flexibility index (Phi) is 4.57. The van der Waals surface area contributed by atoms with Crippen LogP contribution in [0.5, 0.6) is 0 Å². The van der Waals surface area contributed by atoms with Crippen LogP contribution in [-0.2, 0) is 11.3 Å². The van der Waals surface area contributed by atoms with Crippen molar-refractivity contribution in [3.8, 4) is 0 Å². The van der Waals surface area contributed by atoms with Crippen LogP contribution in [0.25, 0.3) is 0 Å². The van der Waals surface area contributed by atoms with Gasteiger partial charge in [0.1, 0.15) is 0 Å². The summed E-state index contributed by atoms with van der Waals surface area (Å²) >= 11 is 0. The summed E-state index contributed by atoms with van der Waals surface area (Å²) in [6.07, 6.45) is 1.93. The molecule has 1 aliphatic carbocycles. The Morgan fingerprint density at radius 1 is 0.913 bits per heavy atom. The van der Waals surface area contributed by atoms with E-state index in [0.29, 0.717) is 17.9 Å². The summed E-state index contributed by atoms with van der Waals surface area (Å²) in [5.74, 6) is 0.205. The van der Waals surface area contributed by atoms with E-state index < -0.39 is 0 Å². The summed E-state index contributed by atoms with van der Waals surface area (Å²) in [7, 11) is 0. The molecule has 0 atom stereocenters. The van der Waals surface area contributed by atoms with Crippen LogP contribution in [0, 0.1) is 5.92 Å². The number of benzene rings is 2. The molecule has 1 fully saturated rings. The van der Waals surface area contributed by atoms with Crippen LogP contribution >= 0.6 is 0 Å². The lowest BCUT2D eigenvalue weighted by atomic mass is 10.2. The average Bonchev–Trinajstić information content (AvgIpc) is 3.39. The molecule has 3 rings (SSSR count). The molecule has 0 aliphatic heterocycles. The number of carbonyl (C=O) groups excluding carboxylic acids is 2. The van der Waals surface area contributed by atoms with Crippen molar-refractivity contribution in [3.05, 3.63) is 60.2 Å². The van der Waals surface area contributed by atoms with Crippen LogP contribution in [0.15, 0.2) is 54.6 Å². The first-order chi connectivity index (χ1) is 11.2. The van der Waals surface area contributed by atoms with Crippen LogP contribution < -0.4 is 16.0 Å². The van der Waals surface area contributed by atoms with Crippen molar-refractivity contribution in [1.29, 1.82) is 0 Å². The third-order valence-corrected chi connectivity index (χ3v) is 3.63. The van der Waals surface area contributed by atoms with Gasteiger partial charge in [-0.25, -0.2) is 4.79 Å². The highest BCUT2D eigenvalue weighted by Gasteiger charge is 2.29. The van der Waals surface area contributed by atoms with Crippen LogP contribution in [0.3, 0.4) is 0 Å². The number of carbonyl (C=O) groups is 2. The summed E-state index contributed by atoms with van der Waals surface area (Å²) in [6.45, 7) is 0.463. The molecule has 0 aromatic heterocycles. The third kappa shape index (κ3) is 4.57. The van der Waals surface area contributed by atoms with Gasteiger partial charge in [-0.05, 0) is 36.6 Å². The van der Waals surface area contributed by atoms with E-state index in [2.05, 4.69) is 16.0 Å². The maximum Gasteiger partial charge on any atom is 0.319 e. The van der Waals surface area contributed by atoms with Crippen molar-refractivity contribution in [1.82, 2.24) is 5.32 Å². The molecular formula is C18H19N3O2. The van der Waals surface area contributed by atoms with Gasteiger partial charge < -0.3 is 16.0 Å². The zero-order valence-electron chi connectivity index (χ0n) is 12.7. The Balaban J connectivity index is 1.52. The Morgan fingerprint density at radius 3 is 2.30 bits per heavy atom. The van der Waals surface area contributed by atoms with Gasteiger partial charge in [-0.15, -0.1) is 0 Å². The summed E-state index contributed by atoms with van der Waals surface area (Å²) in [6, 6.07) is 16.6. The van der Waals surface area contributed by atoms with Gasteiger partial charge in [-0.2, -0.15) is 0 Å². The highest BCUT2D eigenvalue weighted by Crippen LogP contribution is 2.30. The standard InChI is InChI=1S/C18H19N3O2/c22-17(14-9-10-14)20-15-7-4-8-16(11-15)21-18(23)19-12-13-5-2-1-3-6-13/h1-8,11,14H,9-10,12H2,(H,20,22)(H2,19,21,23). The summed E-state index contributed by atoms with van der Waals surface area (Å²) in [5.41, 5.74) is 2.38. The monoisotopic (exact) mass is 309 g/mol. The minimum Gasteiger partial charge on any atom is -0.334 e. The first kappa shape index (κ1) is 15.1. The van der Waals surface area contributed by atoms with Crippen LogP contribution in [0.2, 0.25) is 0 Å². The van der Waals surface area contributed by atoms with Crippen molar-refractivity contribution in [2.75, 3.05) is 10.6 Å². The van der Waals surface area contributed by atoms with E-state index in [1.165, 1.54) is 0 Å². The molecule has 0 heterocycles. The van der Waals surface area contributed by atoms with Crippen LogP contribution in [0.4, 0.5) is 16.2 Å². The molecule has 0 unspecified atom stereocenters. The van der Waals surface area contributed by atoms with Crippen molar-refractivity contribution in [2.45, 2.75) is 19.4 Å². The molecular weight excluding hydrogens is 290 g/mol. The van der Waals surface area contributed by atoms with Gasteiger partial charge in [0.2, 0.25) is 5.91 Å². The molecule has 5 heteroatoms. The lowest BCUT2D eigenvalue weighted by Crippen LogP contribution is -2.28. The van der Waals surface area contributed by atoms with E-state index in [4.69, 9.17) is 0 Å². The number of nitrogens with one attached hydrogen (secondary N) is 3. The smallest absolute Gasteiger partial charge is 0.319 e.